The minimum absolute atomic E-state index is 0.226. The zero-order chi connectivity index (χ0) is 19.6. The van der Waals surface area contributed by atoms with Crippen LogP contribution >= 0.6 is 0 Å². The van der Waals surface area contributed by atoms with E-state index in [1.807, 2.05) is 0 Å². The molecule has 0 aliphatic carbocycles. The van der Waals surface area contributed by atoms with Crippen LogP contribution in [-0.2, 0) is 9.47 Å². The largest absolute Gasteiger partial charge is 0.443 e. The minimum atomic E-state index is -1.26. The Morgan fingerprint density at radius 1 is 0.920 bits per heavy atom. The molecule has 138 valence electrons. The molecular formula is C16H20F2N2O5. The van der Waals surface area contributed by atoms with Gasteiger partial charge in [-0.2, -0.15) is 4.90 Å². The van der Waals surface area contributed by atoms with Crippen LogP contribution in [0.4, 0.5) is 29.7 Å². The summed E-state index contributed by atoms with van der Waals surface area (Å²) in [7, 11) is 0. The number of carbonyl (C=O) groups is 2. The summed E-state index contributed by atoms with van der Waals surface area (Å²) < 4.78 is 38.1. The van der Waals surface area contributed by atoms with Gasteiger partial charge < -0.3 is 9.47 Å². The number of imide groups is 1. The van der Waals surface area contributed by atoms with E-state index in [0.717, 1.165) is 0 Å². The molecule has 0 aliphatic rings. The first-order chi connectivity index (χ1) is 11.2. The number of anilines is 1. The summed E-state index contributed by atoms with van der Waals surface area (Å²) >= 11 is 0. The summed E-state index contributed by atoms with van der Waals surface area (Å²) in [6.45, 7) is 9.22. The third kappa shape index (κ3) is 5.77. The van der Waals surface area contributed by atoms with Gasteiger partial charge in [-0.25, -0.2) is 18.4 Å². The zero-order valence-corrected chi connectivity index (χ0v) is 14.8. The van der Waals surface area contributed by atoms with Gasteiger partial charge in [0, 0.05) is 12.1 Å². The molecular weight excluding hydrogens is 338 g/mol. The molecule has 0 aliphatic heterocycles. The number of nitrogens with zero attached hydrogens (tertiary/aromatic N) is 2. The van der Waals surface area contributed by atoms with Crippen LogP contribution in [0.1, 0.15) is 41.5 Å². The Hall–Kier alpha value is -2.58. The molecule has 0 aromatic heterocycles. The minimum Gasteiger partial charge on any atom is -0.443 e. The molecule has 0 fully saturated rings. The average molecular weight is 358 g/mol. The molecule has 7 nitrogen and oxygen atoms in total. The van der Waals surface area contributed by atoms with E-state index in [1.165, 1.54) is 41.5 Å². The van der Waals surface area contributed by atoms with Gasteiger partial charge in [0.25, 0.3) is 0 Å². The van der Waals surface area contributed by atoms with Crippen molar-refractivity contribution in [2.45, 2.75) is 52.7 Å². The lowest BCUT2D eigenvalue weighted by molar-refractivity contribution is 0.0429. The average Bonchev–Trinajstić information content (AvgIpc) is 2.38. The van der Waals surface area contributed by atoms with Crippen LogP contribution in [0.25, 0.3) is 0 Å². The number of benzene rings is 1. The molecule has 2 amide bonds. The molecule has 1 rings (SSSR count). The molecule has 0 radical (unpaired) electrons. The Balaban J connectivity index is 3.41. The summed E-state index contributed by atoms with van der Waals surface area (Å²) in [6.07, 6.45) is -2.52. The van der Waals surface area contributed by atoms with Crippen molar-refractivity contribution in [3.63, 3.8) is 0 Å². The summed E-state index contributed by atoms with van der Waals surface area (Å²) in [5.74, 6) is -2.42. The monoisotopic (exact) mass is 358 g/mol. The molecule has 0 saturated carbocycles. The lowest BCUT2D eigenvalue weighted by Gasteiger charge is -2.28. The highest BCUT2D eigenvalue weighted by molar-refractivity contribution is 6.09. The van der Waals surface area contributed by atoms with Crippen LogP contribution in [0, 0.1) is 16.5 Å². The number of hydrogen-bond donors (Lipinski definition) is 0. The number of halogens is 2. The highest BCUT2D eigenvalue weighted by Crippen LogP contribution is 2.30. The van der Waals surface area contributed by atoms with E-state index in [-0.39, 0.29) is 4.90 Å². The molecule has 0 bridgehead atoms. The molecule has 1 aromatic rings. The van der Waals surface area contributed by atoms with Crippen molar-refractivity contribution in [3.8, 4) is 0 Å². The maximum Gasteiger partial charge on any atom is 0.424 e. The van der Waals surface area contributed by atoms with Gasteiger partial charge in [-0.1, -0.05) is 0 Å². The van der Waals surface area contributed by atoms with Crippen molar-refractivity contribution in [2.75, 3.05) is 4.90 Å². The Morgan fingerprint density at radius 3 is 1.72 bits per heavy atom. The lowest BCUT2D eigenvalue weighted by Crippen LogP contribution is -2.44. The molecule has 0 saturated heterocycles. The molecule has 0 atom stereocenters. The van der Waals surface area contributed by atoms with E-state index < -0.39 is 46.4 Å². The molecule has 25 heavy (non-hydrogen) atoms. The maximum atomic E-state index is 14.2. The smallest absolute Gasteiger partial charge is 0.424 e. The van der Waals surface area contributed by atoms with Gasteiger partial charge in [0.2, 0.25) is 0 Å². The third-order valence-electron chi connectivity index (χ3n) is 2.51. The number of carbonyl (C=O) groups excluding carboxylic acids is 2. The summed E-state index contributed by atoms with van der Waals surface area (Å²) in [6, 6.07) is 0.972. The summed E-state index contributed by atoms with van der Waals surface area (Å²) in [5.41, 5.74) is -3.56. The molecule has 0 unspecified atom stereocenters. The van der Waals surface area contributed by atoms with Crippen LogP contribution in [0.15, 0.2) is 17.3 Å². The second-order valence-electron chi connectivity index (χ2n) is 7.14. The predicted octanol–water partition coefficient (Wildman–Crippen LogP) is 5.04. The van der Waals surface area contributed by atoms with Crippen molar-refractivity contribution in [3.05, 3.63) is 28.7 Å². The van der Waals surface area contributed by atoms with Gasteiger partial charge in [-0.15, -0.1) is 4.91 Å². The van der Waals surface area contributed by atoms with Crippen molar-refractivity contribution < 1.29 is 27.8 Å². The van der Waals surface area contributed by atoms with Crippen molar-refractivity contribution >= 4 is 23.6 Å². The molecule has 9 heteroatoms. The highest BCUT2D eigenvalue weighted by Gasteiger charge is 2.35. The van der Waals surface area contributed by atoms with Crippen LogP contribution in [0.2, 0.25) is 0 Å². The number of hydrogen-bond acceptors (Lipinski definition) is 6. The zero-order valence-electron chi connectivity index (χ0n) is 14.8. The van der Waals surface area contributed by atoms with Crippen LogP contribution < -0.4 is 4.90 Å². The Bertz CT molecular complexity index is 665. The van der Waals surface area contributed by atoms with Gasteiger partial charge in [0.1, 0.15) is 22.7 Å². The lowest BCUT2D eigenvalue weighted by atomic mass is 10.2. The van der Waals surface area contributed by atoms with E-state index in [2.05, 4.69) is 5.18 Å². The Labute approximate surface area is 143 Å². The number of ether oxygens (including phenoxy) is 2. The van der Waals surface area contributed by atoms with E-state index in [4.69, 9.17) is 9.47 Å². The molecule has 0 heterocycles. The predicted molar refractivity (Wildman–Crippen MR) is 86.8 cm³/mol. The van der Waals surface area contributed by atoms with E-state index in [1.54, 1.807) is 0 Å². The summed E-state index contributed by atoms with van der Waals surface area (Å²) in [4.78, 5) is 35.3. The van der Waals surface area contributed by atoms with Gasteiger partial charge in [0.05, 0.1) is 5.69 Å². The maximum absolute atomic E-state index is 14.2. The standard InChI is InChI=1S/C16H20F2N2O5/c1-15(2,3)24-13(21)20(14(22)25-16(4,5)6)12-8-9(17)11(19-23)7-10(12)18/h7-8H,1-6H3. The van der Waals surface area contributed by atoms with Gasteiger partial charge >= 0.3 is 12.2 Å². The Morgan fingerprint density at radius 2 is 1.36 bits per heavy atom. The first-order valence-corrected chi connectivity index (χ1v) is 7.33. The fourth-order valence-corrected chi connectivity index (χ4v) is 1.65. The fraction of sp³-hybridized carbons (Fsp3) is 0.500. The normalized spacial score (nSPS) is 11.7. The fourth-order valence-electron chi connectivity index (χ4n) is 1.65. The van der Waals surface area contributed by atoms with Crippen LogP contribution in [0.3, 0.4) is 0 Å². The van der Waals surface area contributed by atoms with E-state index in [9.17, 15) is 23.3 Å². The molecule has 0 spiro atoms. The highest BCUT2D eigenvalue weighted by atomic mass is 19.1. The quantitative estimate of drug-likeness (QED) is 0.691. The second kappa shape index (κ2) is 7.12. The summed E-state index contributed by atoms with van der Waals surface area (Å²) in [5, 5.41) is 2.32. The Kier molecular flexibility index (Phi) is 5.83. The van der Waals surface area contributed by atoms with Crippen molar-refractivity contribution in [1.29, 1.82) is 0 Å². The first kappa shape index (κ1) is 20.5. The van der Waals surface area contributed by atoms with E-state index >= 15 is 0 Å². The first-order valence-electron chi connectivity index (χ1n) is 7.33. The number of amides is 2. The van der Waals surface area contributed by atoms with Crippen LogP contribution in [-0.4, -0.2) is 23.4 Å². The van der Waals surface area contributed by atoms with Gasteiger partial charge in [-0.05, 0) is 46.7 Å². The topological polar surface area (TPSA) is 85.3 Å². The van der Waals surface area contributed by atoms with Gasteiger partial charge in [0.15, 0.2) is 5.82 Å². The van der Waals surface area contributed by atoms with Crippen LogP contribution in [0.5, 0.6) is 0 Å². The molecule has 1 aromatic carbocycles. The van der Waals surface area contributed by atoms with Crippen molar-refractivity contribution in [2.24, 2.45) is 5.18 Å². The number of nitroso groups, excluding NO2 is 1. The van der Waals surface area contributed by atoms with E-state index in [0.29, 0.717) is 12.1 Å². The molecule has 0 N–H and O–H groups in total. The number of rotatable bonds is 2. The second-order valence-corrected chi connectivity index (χ2v) is 7.14. The van der Waals surface area contributed by atoms with Crippen molar-refractivity contribution in [1.82, 2.24) is 0 Å². The van der Waals surface area contributed by atoms with Gasteiger partial charge in [-0.3, -0.25) is 0 Å². The SMILES string of the molecule is CC(C)(C)OC(=O)N(C(=O)OC(C)(C)C)c1cc(F)c(N=O)cc1F. The third-order valence-corrected chi connectivity index (χ3v) is 2.51.